The van der Waals surface area contributed by atoms with E-state index in [0.29, 0.717) is 0 Å². The molecule has 20 heavy (non-hydrogen) atoms. The van der Waals surface area contributed by atoms with E-state index in [9.17, 15) is 30.1 Å². The van der Waals surface area contributed by atoms with Gasteiger partial charge < -0.3 is 10.1 Å². The molecule has 1 aromatic heterocycles. The number of nitro benzene ring substituents is 1. The van der Waals surface area contributed by atoms with Crippen molar-refractivity contribution in [3.8, 4) is 5.75 Å². The lowest BCUT2D eigenvalue weighted by molar-refractivity contribution is -0.390. The van der Waals surface area contributed by atoms with Crippen LogP contribution in [0.3, 0.4) is 0 Å². The average molecular weight is 320 g/mol. The molecule has 1 heterocycles. The molecule has 9 nitrogen and oxygen atoms in total. The quantitative estimate of drug-likeness (QED) is 0.643. The fourth-order valence-corrected chi connectivity index (χ4v) is 2.12. The summed E-state index contributed by atoms with van der Waals surface area (Å²) in [6.45, 7) is 0. The van der Waals surface area contributed by atoms with E-state index in [2.05, 4.69) is 4.98 Å². The Kier molecular flexibility index (Phi) is 3.24. The minimum absolute atomic E-state index is 0.262. The Bertz CT molecular complexity index is 831. The van der Waals surface area contributed by atoms with Crippen molar-refractivity contribution >= 4 is 45.5 Å². The summed E-state index contributed by atoms with van der Waals surface area (Å²) in [5.74, 6) is -1.25. The summed E-state index contributed by atoms with van der Waals surface area (Å²) in [6.07, 6.45) is 0. The molecular formula is C9H3Cl2N3O6. The maximum atomic E-state index is 11.4. The van der Waals surface area contributed by atoms with Gasteiger partial charge in [-0.1, -0.05) is 23.2 Å². The summed E-state index contributed by atoms with van der Waals surface area (Å²) in [5.41, 5.74) is -3.42. The monoisotopic (exact) mass is 319 g/mol. The van der Waals surface area contributed by atoms with E-state index in [-0.39, 0.29) is 10.5 Å². The van der Waals surface area contributed by atoms with Crippen molar-refractivity contribution in [1.82, 2.24) is 4.98 Å². The molecule has 11 heteroatoms. The molecule has 0 spiro atoms. The molecule has 2 N–H and O–H groups in total. The zero-order chi connectivity index (χ0) is 15.2. The number of benzene rings is 1. The Balaban J connectivity index is 3.21. The predicted octanol–water partition coefficient (Wildman–Crippen LogP) is 2.36. The molecule has 0 saturated carbocycles. The van der Waals surface area contributed by atoms with Gasteiger partial charge in [0.1, 0.15) is 5.02 Å². The Morgan fingerprint density at radius 2 is 1.70 bits per heavy atom. The number of aromatic hydroxyl groups is 1. The topological polar surface area (TPSA) is 139 Å². The van der Waals surface area contributed by atoms with Gasteiger partial charge in [-0.2, -0.15) is 0 Å². The van der Waals surface area contributed by atoms with Crippen molar-refractivity contribution in [3.63, 3.8) is 0 Å². The minimum atomic E-state index is -1.25. The van der Waals surface area contributed by atoms with Crippen LogP contribution in [0.5, 0.6) is 5.75 Å². The number of nitrogens with one attached hydrogen (secondary N) is 1. The lowest BCUT2D eigenvalue weighted by Crippen LogP contribution is -2.09. The number of H-pyrrole nitrogens is 1. The van der Waals surface area contributed by atoms with E-state index in [1.54, 1.807) is 0 Å². The van der Waals surface area contributed by atoms with Crippen LogP contribution in [0.4, 0.5) is 11.4 Å². The molecule has 0 atom stereocenters. The third kappa shape index (κ3) is 1.92. The number of hydrogen-bond acceptors (Lipinski definition) is 6. The molecule has 0 unspecified atom stereocenters. The fourth-order valence-electron chi connectivity index (χ4n) is 1.71. The zero-order valence-corrected chi connectivity index (χ0v) is 10.7. The number of aromatic nitrogens is 1. The highest BCUT2D eigenvalue weighted by Crippen LogP contribution is 2.43. The van der Waals surface area contributed by atoms with E-state index in [0.717, 1.165) is 6.07 Å². The van der Waals surface area contributed by atoms with Crippen molar-refractivity contribution in [1.29, 1.82) is 0 Å². The molecule has 0 saturated heterocycles. The Morgan fingerprint density at radius 3 is 2.20 bits per heavy atom. The van der Waals surface area contributed by atoms with Crippen molar-refractivity contribution in [3.05, 3.63) is 46.7 Å². The van der Waals surface area contributed by atoms with Gasteiger partial charge in [0.15, 0.2) is 5.39 Å². The second-order valence-electron chi connectivity index (χ2n) is 3.61. The molecule has 2 aromatic rings. The maximum absolute atomic E-state index is 11.4. The van der Waals surface area contributed by atoms with Gasteiger partial charge in [-0.15, -0.1) is 0 Å². The molecular weight excluding hydrogens is 317 g/mol. The lowest BCUT2D eigenvalue weighted by Gasteiger charge is -2.05. The van der Waals surface area contributed by atoms with E-state index in [1.807, 2.05) is 0 Å². The highest BCUT2D eigenvalue weighted by atomic mass is 35.5. The number of hydrogen-bond donors (Lipinski definition) is 2. The summed E-state index contributed by atoms with van der Waals surface area (Å²) in [5, 5.41) is 30.0. The average Bonchev–Trinajstić information content (AvgIpc) is 2.32. The summed E-state index contributed by atoms with van der Waals surface area (Å²) >= 11 is 11.3. The van der Waals surface area contributed by atoms with E-state index in [4.69, 9.17) is 23.2 Å². The van der Waals surface area contributed by atoms with E-state index < -0.39 is 42.9 Å². The van der Waals surface area contributed by atoms with Crippen LogP contribution in [0, 0.1) is 20.2 Å². The van der Waals surface area contributed by atoms with E-state index >= 15 is 0 Å². The molecule has 1 aromatic carbocycles. The molecule has 0 aliphatic rings. The molecule has 0 aliphatic carbocycles. The van der Waals surface area contributed by atoms with Crippen LogP contribution in [-0.4, -0.2) is 19.9 Å². The van der Waals surface area contributed by atoms with E-state index in [1.165, 1.54) is 0 Å². The van der Waals surface area contributed by atoms with Gasteiger partial charge in [-0.25, -0.2) is 0 Å². The number of halogens is 2. The predicted molar refractivity (Wildman–Crippen MR) is 69.6 cm³/mol. The van der Waals surface area contributed by atoms with Gasteiger partial charge in [0.05, 0.1) is 20.4 Å². The zero-order valence-electron chi connectivity index (χ0n) is 9.22. The number of nitro groups is 2. The molecule has 0 fully saturated rings. The first-order chi connectivity index (χ1) is 9.25. The smallest absolute Gasteiger partial charge is 0.332 e. The van der Waals surface area contributed by atoms with Crippen LogP contribution in [0.1, 0.15) is 0 Å². The largest absolute Gasteiger partial charge is 0.498 e. The number of pyridine rings is 1. The minimum Gasteiger partial charge on any atom is -0.498 e. The van der Waals surface area contributed by atoms with Crippen LogP contribution in [0.2, 0.25) is 10.0 Å². The Hall–Kier alpha value is -2.39. The van der Waals surface area contributed by atoms with Gasteiger partial charge in [0.2, 0.25) is 0 Å². The van der Waals surface area contributed by atoms with Gasteiger partial charge >= 0.3 is 11.4 Å². The molecule has 104 valence electrons. The highest BCUT2D eigenvalue weighted by Gasteiger charge is 2.32. The van der Waals surface area contributed by atoms with Crippen molar-refractivity contribution in [2.45, 2.75) is 0 Å². The molecule has 2 rings (SSSR count). The van der Waals surface area contributed by atoms with Crippen molar-refractivity contribution < 1.29 is 15.0 Å². The van der Waals surface area contributed by atoms with Crippen LogP contribution >= 0.6 is 23.2 Å². The van der Waals surface area contributed by atoms with Crippen molar-refractivity contribution in [2.75, 3.05) is 0 Å². The van der Waals surface area contributed by atoms with Crippen LogP contribution in [-0.2, 0) is 0 Å². The standard InChI is InChI=1S/C9H3Cl2N3O6/c10-2-1-3-4(6(5(2)11)13(17)18)7(14(19)20)8(15)9(16)12-3/h1,15H,(H,12,16). The van der Waals surface area contributed by atoms with Gasteiger partial charge in [0.25, 0.3) is 11.3 Å². The fraction of sp³-hybridized carbons (Fsp3) is 0. The molecule has 0 amide bonds. The molecule has 0 radical (unpaired) electrons. The summed E-state index contributed by atoms with van der Waals surface area (Å²) in [6, 6.07) is 1.03. The molecule has 0 aliphatic heterocycles. The first-order valence-electron chi connectivity index (χ1n) is 4.81. The summed E-state index contributed by atoms with van der Waals surface area (Å²) in [4.78, 5) is 33.3. The van der Waals surface area contributed by atoms with Gasteiger partial charge in [-0.05, 0) is 6.07 Å². The number of rotatable bonds is 2. The second kappa shape index (κ2) is 4.62. The maximum Gasteiger partial charge on any atom is 0.332 e. The lowest BCUT2D eigenvalue weighted by atomic mass is 10.1. The SMILES string of the molecule is O=c1[nH]c2cc(Cl)c(Cl)c([N+](=O)[O-])c2c([N+](=O)[O-])c1O. The first kappa shape index (κ1) is 14.0. The normalized spacial score (nSPS) is 10.7. The highest BCUT2D eigenvalue weighted by molar-refractivity contribution is 6.44. The van der Waals surface area contributed by atoms with Gasteiger partial charge in [0, 0.05) is 0 Å². The van der Waals surface area contributed by atoms with Crippen LogP contribution < -0.4 is 5.56 Å². The summed E-state index contributed by atoms with van der Waals surface area (Å²) < 4.78 is 0. The van der Waals surface area contributed by atoms with Crippen LogP contribution in [0.15, 0.2) is 10.9 Å². The van der Waals surface area contributed by atoms with Gasteiger partial charge in [-0.3, -0.25) is 25.0 Å². The third-order valence-corrected chi connectivity index (χ3v) is 3.26. The number of aromatic amines is 1. The summed E-state index contributed by atoms with van der Waals surface area (Å²) in [7, 11) is 0. The second-order valence-corrected chi connectivity index (χ2v) is 4.39. The number of nitrogens with zero attached hydrogens (tertiary/aromatic N) is 2. The first-order valence-corrected chi connectivity index (χ1v) is 5.57. The molecule has 0 bridgehead atoms. The number of fused-ring (bicyclic) bond motifs is 1. The van der Waals surface area contributed by atoms with Crippen molar-refractivity contribution in [2.24, 2.45) is 0 Å². The Morgan fingerprint density at radius 1 is 1.15 bits per heavy atom. The van der Waals surface area contributed by atoms with Crippen LogP contribution in [0.25, 0.3) is 10.9 Å². The Labute approximate surface area is 118 Å². The third-order valence-electron chi connectivity index (χ3n) is 2.48.